The van der Waals surface area contributed by atoms with Crippen molar-refractivity contribution in [2.75, 3.05) is 0 Å². The largest absolute Gasteiger partial charge is 0.390 e. The van der Waals surface area contributed by atoms with Gasteiger partial charge in [-0.1, -0.05) is 25.5 Å². The predicted octanol–water partition coefficient (Wildman–Crippen LogP) is 6.11. The average Bonchev–Trinajstić information content (AvgIpc) is 2.95. The van der Waals surface area contributed by atoms with Crippen molar-refractivity contribution in [2.24, 2.45) is 40.9 Å². The third kappa shape index (κ3) is 3.73. The highest BCUT2D eigenvalue weighted by Crippen LogP contribution is 2.65. The van der Waals surface area contributed by atoms with Crippen LogP contribution in [-0.2, 0) is 0 Å². The van der Waals surface area contributed by atoms with E-state index in [1.165, 1.54) is 38.5 Å². The van der Waals surface area contributed by atoms with E-state index in [0.29, 0.717) is 5.41 Å². The van der Waals surface area contributed by atoms with Gasteiger partial charge in [-0.3, -0.25) is 0 Å². The molecule has 2 nitrogen and oxygen atoms in total. The van der Waals surface area contributed by atoms with Gasteiger partial charge in [0.05, 0.1) is 11.2 Å². The summed E-state index contributed by atoms with van der Waals surface area (Å²) < 4.78 is 0. The summed E-state index contributed by atoms with van der Waals surface area (Å²) in [5.41, 5.74) is 1.10. The van der Waals surface area contributed by atoms with Crippen molar-refractivity contribution in [3.8, 4) is 0 Å². The number of allylic oxidation sites excluding steroid dienone is 1. The Morgan fingerprint density at radius 3 is 2.57 bits per heavy atom. The quantitative estimate of drug-likeness (QED) is 0.570. The molecule has 3 saturated carbocycles. The van der Waals surface area contributed by atoms with Gasteiger partial charge in [-0.05, 0) is 126 Å². The van der Waals surface area contributed by atoms with Gasteiger partial charge in [0.2, 0.25) is 0 Å². The van der Waals surface area contributed by atoms with E-state index in [2.05, 4.69) is 19.9 Å². The topological polar surface area (TPSA) is 40.5 Å². The Bertz CT molecular complexity index is 612. The SMILES string of the molecule is C[C@H](CCC(C)(C)O)[C@H]1CC[C@H]2[C@@H]3CC=C4C[C@@](C)(O)CC[C@@H]4[C@H]3CC[C@]12C. The molecule has 0 bridgehead atoms. The molecular weight excluding hydrogens is 344 g/mol. The van der Waals surface area contributed by atoms with Crippen molar-refractivity contribution in [1.82, 2.24) is 0 Å². The Labute approximate surface area is 173 Å². The highest BCUT2D eigenvalue weighted by Gasteiger charge is 2.56. The van der Waals surface area contributed by atoms with Crippen molar-refractivity contribution in [1.29, 1.82) is 0 Å². The predicted molar refractivity (Wildman–Crippen MR) is 116 cm³/mol. The Kier molecular flexibility index (Phi) is 5.32. The normalized spacial score (nSPS) is 47.0. The number of aliphatic hydroxyl groups is 2. The first-order valence-electron chi connectivity index (χ1n) is 12.1. The highest BCUT2D eigenvalue weighted by atomic mass is 16.3. The molecule has 0 heterocycles. The minimum Gasteiger partial charge on any atom is -0.390 e. The molecule has 0 aliphatic heterocycles. The van der Waals surface area contributed by atoms with E-state index in [9.17, 15) is 10.2 Å². The van der Waals surface area contributed by atoms with Gasteiger partial charge in [-0.25, -0.2) is 0 Å². The summed E-state index contributed by atoms with van der Waals surface area (Å²) >= 11 is 0. The maximum Gasteiger partial charge on any atom is 0.0657 e. The molecule has 0 saturated heterocycles. The first-order chi connectivity index (χ1) is 13.0. The van der Waals surface area contributed by atoms with Crippen molar-refractivity contribution in [3.05, 3.63) is 11.6 Å². The van der Waals surface area contributed by atoms with Crippen LogP contribution in [0.3, 0.4) is 0 Å². The summed E-state index contributed by atoms with van der Waals surface area (Å²) in [7, 11) is 0. The second-order valence-corrected chi connectivity index (χ2v) is 12.3. The smallest absolute Gasteiger partial charge is 0.0657 e. The molecule has 0 aromatic heterocycles. The van der Waals surface area contributed by atoms with Gasteiger partial charge in [0.15, 0.2) is 0 Å². The first-order valence-corrected chi connectivity index (χ1v) is 12.1. The lowest BCUT2D eigenvalue weighted by atomic mass is 9.50. The fraction of sp³-hybridized carbons (Fsp3) is 0.923. The van der Waals surface area contributed by atoms with Crippen LogP contribution in [0.4, 0.5) is 0 Å². The number of fused-ring (bicyclic) bond motifs is 5. The lowest BCUT2D eigenvalue weighted by Gasteiger charge is -2.55. The Hall–Kier alpha value is -0.340. The molecule has 4 aliphatic carbocycles. The zero-order chi connectivity index (χ0) is 20.3. The van der Waals surface area contributed by atoms with E-state index < -0.39 is 11.2 Å². The molecule has 0 amide bonds. The Morgan fingerprint density at radius 2 is 1.86 bits per heavy atom. The summed E-state index contributed by atoms with van der Waals surface area (Å²) in [5.74, 6) is 4.95. The molecule has 8 atom stereocenters. The van der Waals surface area contributed by atoms with Gasteiger partial charge in [0.1, 0.15) is 0 Å². The van der Waals surface area contributed by atoms with Crippen LogP contribution >= 0.6 is 0 Å². The molecule has 2 N–H and O–H groups in total. The van der Waals surface area contributed by atoms with Crippen molar-refractivity contribution >= 4 is 0 Å². The van der Waals surface area contributed by atoms with Gasteiger partial charge in [-0.2, -0.15) is 0 Å². The van der Waals surface area contributed by atoms with Crippen LogP contribution < -0.4 is 0 Å². The van der Waals surface area contributed by atoms with E-state index >= 15 is 0 Å². The fourth-order valence-electron chi connectivity index (χ4n) is 8.22. The molecule has 0 radical (unpaired) electrons. The standard InChI is InChI=1S/C26H44O2/c1-17(10-13-24(2,3)27)22-8-9-23-21-7-6-18-16-25(4,28)14-11-19(18)20(21)12-15-26(22,23)5/h6,17,19-23,27-28H,7-16H2,1-5H3/t17-,19+,20-,21-,22-,23+,25+,26-/m1/s1. The molecule has 28 heavy (non-hydrogen) atoms. The van der Waals surface area contributed by atoms with Gasteiger partial charge >= 0.3 is 0 Å². The second kappa shape index (κ2) is 7.12. The minimum atomic E-state index is -0.530. The minimum absolute atomic E-state index is 0.466. The first kappa shape index (κ1) is 20.9. The number of rotatable bonds is 4. The molecule has 0 spiro atoms. The van der Waals surface area contributed by atoms with E-state index in [0.717, 1.165) is 61.2 Å². The molecule has 4 aliphatic rings. The third-order valence-electron chi connectivity index (χ3n) is 9.69. The second-order valence-electron chi connectivity index (χ2n) is 12.3. The summed E-state index contributed by atoms with van der Waals surface area (Å²) in [4.78, 5) is 0. The van der Waals surface area contributed by atoms with E-state index in [1.807, 2.05) is 20.8 Å². The van der Waals surface area contributed by atoms with Gasteiger partial charge in [0, 0.05) is 0 Å². The van der Waals surface area contributed by atoms with Crippen LogP contribution in [0.1, 0.15) is 98.8 Å². The van der Waals surface area contributed by atoms with Crippen LogP contribution in [0.25, 0.3) is 0 Å². The highest BCUT2D eigenvalue weighted by molar-refractivity contribution is 5.21. The average molecular weight is 389 g/mol. The Balaban J connectivity index is 1.48. The Morgan fingerprint density at radius 1 is 1.11 bits per heavy atom. The number of hydrogen-bond donors (Lipinski definition) is 2. The lowest BCUT2D eigenvalue weighted by molar-refractivity contribution is -0.0422. The van der Waals surface area contributed by atoms with Crippen molar-refractivity contribution in [3.63, 3.8) is 0 Å². The molecule has 0 aromatic rings. The van der Waals surface area contributed by atoms with Crippen molar-refractivity contribution in [2.45, 2.75) is 110 Å². The summed E-state index contributed by atoms with van der Waals surface area (Å²) in [6.07, 6.45) is 14.6. The van der Waals surface area contributed by atoms with Crippen molar-refractivity contribution < 1.29 is 10.2 Å². The molecule has 3 fully saturated rings. The van der Waals surface area contributed by atoms with E-state index in [4.69, 9.17) is 0 Å². The molecule has 0 aromatic carbocycles. The summed E-state index contributed by atoms with van der Waals surface area (Å²) in [6, 6.07) is 0. The summed E-state index contributed by atoms with van der Waals surface area (Å²) in [5, 5.41) is 20.7. The monoisotopic (exact) mass is 388 g/mol. The van der Waals surface area contributed by atoms with Crippen LogP contribution in [0.2, 0.25) is 0 Å². The van der Waals surface area contributed by atoms with E-state index in [-0.39, 0.29) is 0 Å². The third-order valence-corrected chi connectivity index (χ3v) is 9.69. The zero-order valence-electron chi connectivity index (χ0n) is 19.0. The van der Waals surface area contributed by atoms with Gasteiger partial charge < -0.3 is 10.2 Å². The number of hydrogen-bond acceptors (Lipinski definition) is 2. The maximum absolute atomic E-state index is 10.5. The summed E-state index contributed by atoms with van der Waals surface area (Å²) in [6.45, 7) is 11.0. The van der Waals surface area contributed by atoms with Gasteiger partial charge in [-0.15, -0.1) is 0 Å². The molecule has 4 rings (SSSR count). The van der Waals surface area contributed by atoms with Gasteiger partial charge in [0.25, 0.3) is 0 Å². The van der Waals surface area contributed by atoms with Crippen LogP contribution in [-0.4, -0.2) is 21.4 Å². The van der Waals surface area contributed by atoms with Crippen LogP contribution in [0, 0.1) is 40.9 Å². The molecule has 0 unspecified atom stereocenters. The maximum atomic E-state index is 10.5. The zero-order valence-corrected chi connectivity index (χ0v) is 19.0. The van der Waals surface area contributed by atoms with Crippen LogP contribution in [0.5, 0.6) is 0 Å². The molecular formula is C26H44O2. The molecule has 2 heteroatoms. The lowest BCUT2D eigenvalue weighted by Crippen LogP contribution is -2.48. The van der Waals surface area contributed by atoms with E-state index in [1.54, 1.807) is 5.57 Å². The fourth-order valence-corrected chi connectivity index (χ4v) is 8.22. The van der Waals surface area contributed by atoms with Crippen LogP contribution in [0.15, 0.2) is 11.6 Å². The molecule has 160 valence electrons.